The summed E-state index contributed by atoms with van der Waals surface area (Å²) in [6.45, 7) is 6.80. The van der Waals surface area contributed by atoms with Gasteiger partial charge in [0, 0.05) is 13.1 Å². The number of likely N-dealkylation sites (N-methyl/N-ethyl adjacent to an activating group) is 1. The van der Waals surface area contributed by atoms with Crippen molar-refractivity contribution in [3.8, 4) is 5.75 Å². The van der Waals surface area contributed by atoms with Crippen molar-refractivity contribution in [2.75, 3.05) is 31.9 Å². The van der Waals surface area contributed by atoms with E-state index in [4.69, 9.17) is 5.73 Å². The molecule has 0 aliphatic heterocycles. The Morgan fingerprint density at radius 2 is 1.95 bits per heavy atom. The van der Waals surface area contributed by atoms with E-state index < -0.39 is 10.0 Å². The van der Waals surface area contributed by atoms with Crippen molar-refractivity contribution in [2.45, 2.75) is 18.7 Å². The molecule has 1 aromatic carbocycles. The number of aromatic hydroxyl groups is 1. The van der Waals surface area contributed by atoms with E-state index in [9.17, 15) is 13.5 Å². The molecule has 19 heavy (non-hydrogen) atoms. The minimum absolute atomic E-state index is 0.0478. The summed E-state index contributed by atoms with van der Waals surface area (Å²) >= 11 is 0. The molecule has 1 aromatic rings. The quantitative estimate of drug-likeness (QED) is 0.504. The lowest BCUT2D eigenvalue weighted by Gasteiger charge is -2.18. The second-order valence-corrected chi connectivity index (χ2v) is 5.91. The van der Waals surface area contributed by atoms with Crippen molar-refractivity contribution < 1.29 is 13.5 Å². The first-order valence-corrected chi connectivity index (χ1v) is 7.69. The third-order valence-electron chi connectivity index (χ3n) is 2.92. The fourth-order valence-corrected chi connectivity index (χ4v) is 2.72. The Kier molecular flexibility index (Phi) is 5.59. The number of phenolic OH excluding ortho intramolecular Hbond substituents is 1. The molecule has 6 nitrogen and oxygen atoms in total. The maximum atomic E-state index is 12.0. The van der Waals surface area contributed by atoms with Gasteiger partial charge in [-0.15, -0.1) is 0 Å². The Balaban J connectivity index is 2.68. The number of phenols is 1. The molecule has 0 unspecified atom stereocenters. The molecular weight excluding hydrogens is 266 g/mol. The molecular formula is C12H21N3O3S. The van der Waals surface area contributed by atoms with E-state index in [2.05, 4.69) is 9.62 Å². The van der Waals surface area contributed by atoms with Crippen molar-refractivity contribution in [1.29, 1.82) is 0 Å². The van der Waals surface area contributed by atoms with Crippen LogP contribution in [0.25, 0.3) is 0 Å². The van der Waals surface area contributed by atoms with Crippen LogP contribution in [0.4, 0.5) is 5.69 Å². The highest BCUT2D eigenvalue weighted by molar-refractivity contribution is 7.89. The van der Waals surface area contributed by atoms with Crippen LogP contribution in [-0.2, 0) is 10.0 Å². The summed E-state index contributed by atoms with van der Waals surface area (Å²) in [7, 11) is -3.58. The first kappa shape index (κ1) is 15.7. The molecule has 0 amide bonds. The predicted molar refractivity (Wildman–Crippen MR) is 75.5 cm³/mol. The molecule has 0 radical (unpaired) electrons. The van der Waals surface area contributed by atoms with Crippen molar-refractivity contribution >= 4 is 15.7 Å². The maximum absolute atomic E-state index is 12.0. The monoisotopic (exact) mass is 287 g/mol. The lowest BCUT2D eigenvalue weighted by atomic mass is 10.3. The molecule has 4 N–H and O–H groups in total. The molecule has 0 fully saturated rings. The van der Waals surface area contributed by atoms with Crippen LogP contribution in [0.15, 0.2) is 23.1 Å². The molecule has 0 saturated heterocycles. The summed E-state index contributed by atoms with van der Waals surface area (Å²) in [5.41, 5.74) is 5.53. The van der Waals surface area contributed by atoms with Gasteiger partial charge in [0.05, 0.1) is 10.6 Å². The summed E-state index contributed by atoms with van der Waals surface area (Å²) in [4.78, 5) is 2.18. The van der Waals surface area contributed by atoms with E-state index in [1.807, 2.05) is 13.8 Å². The first-order valence-electron chi connectivity index (χ1n) is 6.21. The van der Waals surface area contributed by atoms with Crippen molar-refractivity contribution in [1.82, 2.24) is 9.62 Å². The minimum atomic E-state index is -3.58. The number of anilines is 1. The predicted octanol–water partition coefficient (Wildman–Crippen LogP) is 0.594. The number of benzene rings is 1. The van der Waals surface area contributed by atoms with E-state index in [1.165, 1.54) is 18.2 Å². The molecule has 0 aliphatic rings. The number of nitrogen functional groups attached to an aromatic ring is 1. The fraction of sp³-hybridized carbons (Fsp3) is 0.500. The summed E-state index contributed by atoms with van der Waals surface area (Å²) in [6.07, 6.45) is 0. The fourth-order valence-electron chi connectivity index (χ4n) is 1.66. The summed E-state index contributed by atoms with van der Waals surface area (Å²) in [5, 5.41) is 9.28. The van der Waals surface area contributed by atoms with E-state index >= 15 is 0 Å². The molecule has 0 saturated carbocycles. The van der Waals surface area contributed by atoms with E-state index in [0.29, 0.717) is 13.1 Å². The first-order chi connectivity index (χ1) is 8.90. The normalized spacial score (nSPS) is 11.9. The lowest BCUT2D eigenvalue weighted by Crippen LogP contribution is -2.34. The van der Waals surface area contributed by atoms with Gasteiger partial charge in [-0.1, -0.05) is 13.8 Å². The highest BCUT2D eigenvalue weighted by Crippen LogP contribution is 2.22. The zero-order valence-corrected chi connectivity index (χ0v) is 12.1. The SMILES string of the molecule is CCN(CC)CCNS(=O)(=O)c1ccc(O)c(N)c1. The largest absolute Gasteiger partial charge is 0.506 e. The van der Waals surface area contributed by atoms with Gasteiger partial charge in [-0.3, -0.25) is 0 Å². The van der Waals surface area contributed by atoms with Crippen LogP contribution in [0.2, 0.25) is 0 Å². The second kappa shape index (κ2) is 6.74. The molecule has 0 spiro atoms. The Labute approximate surface area is 114 Å². The smallest absolute Gasteiger partial charge is 0.240 e. The number of hydrogen-bond acceptors (Lipinski definition) is 5. The van der Waals surface area contributed by atoms with Crippen molar-refractivity contribution in [3.63, 3.8) is 0 Å². The molecule has 0 bridgehead atoms. The topological polar surface area (TPSA) is 95.7 Å². The molecule has 7 heteroatoms. The summed E-state index contributed by atoms with van der Waals surface area (Å²) < 4.78 is 26.5. The van der Waals surface area contributed by atoms with Crippen LogP contribution in [0.3, 0.4) is 0 Å². The van der Waals surface area contributed by atoms with Crippen molar-refractivity contribution in [3.05, 3.63) is 18.2 Å². The van der Waals surface area contributed by atoms with Gasteiger partial charge in [0.15, 0.2) is 0 Å². The van der Waals surface area contributed by atoms with Crippen LogP contribution < -0.4 is 10.5 Å². The van der Waals surface area contributed by atoms with Crippen LogP contribution >= 0.6 is 0 Å². The average molecular weight is 287 g/mol. The number of nitrogens with one attached hydrogen (secondary N) is 1. The number of nitrogens with two attached hydrogens (primary N) is 1. The zero-order valence-electron chi connectivity index (χ0n) is 11.3. The summed E-state index contributed by atoms with van der Waals surface area (Å²) in [5.74, 6) is -0.123. The molecule has 0 heterocycles. The van der Waals surface area contributed by atoms with Crippen LogP contribution in [0, 0.1) is 0 Å². The molecule has 0 aromatic heterocycles. The second-order valence-electron chi connectivity index (χ2n) is 4.15. The van der Waals surface area contributed by atoms with Crippen molar-refractivity contribution in [2.24, 2.45) is 0 Å². The summed E-state index contributed by atoms with van der Waals surface area (Å²) in [6, 6.07) is 3.84. The lowest BCUT2D eigenvalue weighted by molar-refractivity contribution is 0.309. The molecule has 0 aliphatic carbocycles. The van der Waals surface area contributed by atoms with Crippen LogP contribution in [-0.4, -0.2) is 44.6 Å². The molecule has 108 valence electrons. The van der Waals surface area contributed by atoms with Gasteiger partial charge in [-0.2, -0.15) is 0 Å². The number of hydrogen-bond donors (Lipinski definition) is 3. The number of nitrogens with zero attached hydrogens (tertiary/aromatic N) is 1. The third-order valence-corrected chi connectivity index (χ3v) is 4.38. The zero-order chi connectivity index (χ0) is 14.5. The molecule has 0 atom stereocenters. The minimum Gasteiger partial charge on any atom is -0.506 e. The van der Waals surface area contributed by atoms with Gasteiger partial charge in [0.2, 0.25) is 10.0 Å². The molecule has 1 rings (SSSR count). The Morgan fingerprint density at radius 1 is 1.32 bits per heavy atom. The third kappa shape index (κ3) is 4.38. The average Bonchev–Trinajstić information content (AvgIpc) is 2.37. The van der Waals surface area contributed by atoms with Crippen LogP contribution in [0.5, 0.6) is 5.75 Å². The maximum Gasteiger partial charge on any atom is 0.240 e. The highest BCUT2D eigenvalue weighted by atomic mass is 32.2. The van der Waals surface area contributed by atoms with E-state index in [0.717, 1.165) is 13.1 Å². The standard InChI is InChI=1S/C12H21N3O3S/c1-3-15(4-2)8-7-14-19(17,18)10-5-6-12(16)11(13)9-10/h5-6,9,14,16H,3-4,7-8,13H2,1-2H3. The van der Waals surface area contributed by atoms with E-state index in [1.54, 1.807) is 0 Å². The Hall–Kier alpha value is -1.31. The highest BCUT2D eigenvalue weighted by Gasteiger charge is 2.15. The van der Waals surface area contributed by atoms with Gasteiger partial charge in [0.25, 0.3) is 0 Å². The van der Waals surface area contributed by atoms with Crippen LogP contribution in [0.1, 0.15) is 13.8 Å². The van der Waals surface area contributed by atoms with Gasteiger partial charge >= 0.3 is 0 Å². The Bertz CT molecular complexity index is 513. The number of rotatable bonds is 7. The van der Waals surface area contributed by atoms with E-state index in [-0.39, 0.29) is 16.3 Å². The van der Waals surface area contributed by atoms with Gasteiger partial charge < -0.3 is 15.7 Å². The van der Waals surface area contributed by atoms with Gasteiger partial charge in [-0.05, 0) is 31.3 Å². The van der Waals surface area contributed by atoms with Gasteiger partial charge in [-0.25, -0.2) is 13.1 Å². The Morgan fingerprint density at radius 3 is 2.47 bits per heavy atom. The number of sulfonamides is 1. The van der Waals surface area contributed by atoms with Gasteiger partial charge in [0.1, 0.15) is 5.75 Å².